The molecule has 1 aliphatic heterocycles. The molecule has 178 valence electrons. The van der Waals surface area contributed by atoms with E-state index < -0.39 is 17.7 Å². The van der Waals surface area contributed by atoms with E-state index in [0.717, 1.165) is 51.7 Å². The topological polar surface area (TPSA) is 79.3 Å². The van der Waals surface area contributed by atoms with Crippen LogP contribution in [0.3, 0.4) is 0 Å². The first-order valence-corrected chi connectivity index (χ1v) is 11.6. The third-order valence-electron chi connectivity index (χ3n) is 5.94. The lowest BCUT2D eigenvalue weighted by atomic mass is 9.95. The quantitative estimate of drug-likeness (QED) is 0.459. The fourth-order valence-corrected chi connectivity index (χ4v) is 4.18. The standard InChI is InChI=1S/C25H38N2O5/c1-6-8-13-26(14-9-7-2)15-10-16-27-23(22(18(3)28)24(29)25(27)30)20-17-19(31-4)11-12-21(20)32-5/h11-12,17,23,29H,6-10,13-16H2,1-5H3/t23-/m0/s1. The highest BCUT2D eigenvalue weighted by Crippen LogP contribution is 2.42. The van der Waals surface area contributed by atoms with Crippen molar-refractivity contribution in [2.24, 2.45) is 0 Å². The molecule has 1 aliphatic rings. The van der Waals surface area contributed by atoms with Crippen LogP contribution in [0.15, 0.2) is 29.5 Å². The summed E-state index contributed by atoms with van der Waals surface area (Å²) < 4.78 is 10.9. The maximum atomic E-state index is 13.0. The molecule has 7 nitrogen and oxygen atoms in total. The lowest BCUT2D eigenvalue weighted by Gasteiger charge is -2.29. The number of Topliss-reactive ketones (excluding diaryl/α,β-unsaturated/α-hetero) is 1. The summed E-state index contributed by atoms with van der Waals surface area (Å²) in [7, 11) is 3.10. The van der Waals surface area contributed by atoms with Crippen molar-refractivity contribution in [1.82, 2.24) is 9.80 Å². The molecule has 0 fully saturated rings. The Morgan fingerprint density at radius 3 is 2.22 bits per heavy atom. The van der Waals surface area contributed by atoms with Crippen LogP contribution in [0.25, 0.3) is 0 Å². The van der Waals surface area contributed by atoms with Crippen LogP contribution in [0.5, 0.6) is 11.5 Å². The van der Waals surface area contributed by atoms with Crippen molar-refractivity contribution in [2.45, 2.75) is 58.9 Å². The SMILES string of the molecule is CCCCN(CCCC)CCCN1C(=O)C(O)=C(C(C)=O)[C@@H]1c1cc(OC)ccc1OC. The second kappa shape index (κ2) is 12.5. The van der Waals surface area contributed by atoms with Gasteiger partial charge in [-0.25, -0.2) is 0 Å². The molecule has 1 heterocycles. The molecule has 32 heavy (non-hydrogen) atoms. The fourth-order valence-electron chi connectivity index (χ4n) is 4.18. The van der Waals surface area contributed by atoms with Crippen molar-refractivity contribution in [3.8, 4) is 11.5 Å². The average molecular weight is 447 g/mol. The number of aliphatic hydroxyl groups excluding tert-OH is 1. The smallest absolute Gasteiger partial charge is 0.290 e. The number of hydrogen-bond acceptors (Lipinski definition) is 6. The lowest BCUT2D eigenvalue weighted by molar-refractivity contribution is -0.129. The van der Waals surface area contributed by atoms with Crippen molar-refractivity contribution >= 4 is 11.7 Å². The van der Waals surface area contributed by atoms with Gasteiger partial charge < -0.3 is 24.4 Å². The van der Waals surface area contributed by atoms with E-state index in [1.807, 2.05) is 0 Å². The maximum absolute atomic E-state index is 13.0. The zero-order valence-electron chi connectivity index (χ0n) is 20.1. The van der Waals surface area contributed by atoms with Crippen molar-refractivity contribution in [2.75, 3.05) is 40.4 Å². The summed E-state index contributed by atoms with van der Waals surface area (Å²) in [6.07, 6.45) is 5.33. The van der Waals surface area contributed by atoms with E-state index in [0.29, 0.717) is 23.6 Å². The fraction of sp³-hybridized carbons (Fsp3) is 0.600. The van der Waals surface area contributed by atoms with Crippen LogP contribution in [-0.4, -0.2) is 67.0 Å². The molecule has 1 amide bonds. The molecule has 0 radical (unpaired) electrons. The number of hydrogen-bond donors (Lipinski definition) is 1. The Morgan fingerprint density at radius 1 is 1.06 bits per heavy atom. The van der Waals surface area contributed by atoms with Crippen molar-refractivity contribution < 1.29 is 24.2 Å². The molecular formula is C25H38N2O5. The van der Waals surface area contributed by atoms with Crippen molar-refractivity contribution in [3.05, 3.63) is 35.1 Å². The predicted molar refractivity (Wildman–Crippen MR) is 125 cm³/mol. The monoisotopic (exact) mass is 446 g/mol. The number of methoxy groups -OCH3 is 2. The summed E-state index contributed by atoms with van der Waals surface area (Å²) in [6.45, 7) is 9.12. The number of ether oxygens (including phenoxy) is 2. The molecule has 7 heteroatoms. The molecule has 0 aliphatic carbocycles. The largest absolute Gasteiger partial charge is 0.503 e. The van der Waals surface area contributed by atoms with Gasteiger partial charge in [-0.2, -0.15) is 0 Å². The normalized spacial score (nSPS) is 16.2. The van der Waals surface area contributed by atoms with E-state index in [1.165, 1.54) is 6.92 Å². The van der Waals surface area contributed by atoms with E-state index in [1.54, 1.807) is 37.3 Å². The van der Waals surface area contributed by atoms with Crippen molar-refractivity contribution in [1.29, 1.82) is 0 Å². The summed E-state index contributed by atoms with van der Waals surface area (Å²) >= 11 is 0. The molecular weight excluding hydrogens is 408 g/mol. The zero-order valence-corrected chi connectivity index (χ0v) is 20.1. The number of ketones is 1. The molecule has 2 rings (SSSR count). The molecule has 1 N–H and O–H groups in total. The first-order chi connectivity index (χ1) is 15.4. The molecule has 1 aromatic rings. The highest BCUT2D eigenvalue weighted by atomic mass is 16.5. The van der Waals surface area contributed by atoms with Crippen LogP contribution in [0.1, 0.15) is 64.5 Å². The van der Waals surface area contributed by atoms with E-state index in [2.05, 4.69) is 18.7 Å². The first kappa shape index (κ1) is 25.7. The summed E-state index contributed by atoms with van der Waals surface area (Å²) in [4.78, 5) is 29.4. The van der Waals surface area contributed by atoms with E-state index >= 15 is 0 Å². The van der Waals surface area contributed by atoms with E-state index in [9.17, 15) is 14.7 Å². The summed E-state index contributed by atoms with van der Waals surface area (Å²) in [6, 6.07) is 4.57. The number of amides is 1. The Bertz CT molecular complexity index is 813. The van der Waals surface area contributed by atoms with Crippen LogP contribution in [0, 0.1) is 0 Å². The number of nitrogens with zero attached hydrogens (tertiary/aromatic N) is 2. The molecule has 1 aromatic carbocycles. The van der Waals surface area contributed by atoms with E-state index in [-0.39, 0.29) is 11.4 Å². The molecule has 0 unspecified atom stereocenters. The van der Waals surface area contributed by atoms with Gasteiger partial charge in [0, 0.05) is 12.1 Å². The molecule has 0 saturated heterocycles. The van der Waals surface area contributed by atoms with Gasteiger partial charge in [0.05, 0.1) is 25.8 Å². The Kier molecular flexibility index (Phi) is 10.0. The predicted octanol–water partition coefficient (Wildman–Crippen LogP) is 4.28. The van der Waals surface area contributed by atoms with Crippen molar-refractivity contribution in [3.63, 3.8) is 0 Å². The van der Waals surface area contributed by atoms with Gasteiger partial charge >= 0.3 is 0 Å². The molecule has 0 aromatic heterocycles. The first-order valence-electron chi connectivity index (χ1n) is 11.6. The number of carbonyl (C=O) groups excluding carboxylic acids is 2. The second-order valence-electron chi connectivity index (χ2n) is 8.23. The number of carbonyl (C=O) groups is 2. The highest BCUT2D eigenvalue weighted by Gasteiger charge is 2.43. The number of aliphatic hydroxyl groups is 1. The number of benzene rings is 1. The van der Waals surface area contributed by atoms with Crippen LogP contribution in [0.4, 0.5) is 0 Å². The van der Waals surface area contributed by atoms with E-state index in [4.69, 9.17) is 9.47 Å². The van der Waals surface area contributed by atoms with Gasteiger partial charge in [0.25, 0.3) is 5.91 Å². The number of unbranched alkanes of at least 4 members (excludes halogenated alkanes) is 2. The Balaban J connectivity index is 2.29. The van der Waals surface area contributed by atoms with Crippen LogP contribution in [0.2, 0.25) is 0 Å². The Hall–Kier alpha value is -2.54. The van der Waals surface area contributed by atoms with Crippen LogP contribution in [-0.2, 0) is 9.59 Å². The van der Waals surface area contributed by atoms with Gasteiger partial charge in [0.15, 0.2) is 11.5 Å². The maximum Gasteiger partial charge on any atom is 0.290 e. The minimum Gasteiger partial charge on any atom is -0.503 e. The summed E-state index contributed by atoms with van der Waals surface area (Å²) in [5, 5.41) is 10.5. The third-order valence-corrected chi connectivity index (χ3v) is 5.94. The Labute approximate surface area is 192 Å². The minimum absolute atomic E-state index is 0.107. The Morgan fingerprint density at radius 2 is 1.69 bits per heavy atom. The zero-order chi connectivity index (χ0) is 23.7. The van der Waals surface area contributed by atoms with Gasteiger partial charge in [0.1, 0.15) is 11.5 Å². The van der Waals surface area contributed by atoms with Gasteiger partial charge in [0.2, 0.25) is 0 Å². The minimum atomic E-state index is -0.704. The lowest BCUT2D eigenvalue weighted by Crippen LogP contribution is -2.35. The van der Waals surface area contributed by atoms with Crippen LogP contribution >= 0.6 is 0 Å². The highest BCUT2D eigenvalue weighted by molar-refractivity contribution is 6.08. The second-order valence-corrected chi connectivity index (χ2v) is 8.23. The summed E-state index contributed by atoms with van der Waals surface area (Å²) in [5.41, 5.74) is 0.735. The van der Waals surface area contributed by atoms with Gasteiger partial charge in [-0.15, -0.1) is 0 Å². The number of rotatable bonds is 14. The summed E-state index contributed by atoms with van der Waals surface area (Å²) in [5.74, 6) is -0.192. The molecule has 0 saturated carbocycles. The third kappa shape index (κ3) is 6.03. The molecule has 0 spiro atoms. The van der Waals surface area contributed by atoms with Gasteiger partial charge in [-0.05, 0) is 64.0 Å². The average Bonchev–Trinajstić information content (AvgIpc) is 3.04. The molecule has 0 bridgehead atoms. The molecule has 1 atom stereocenters. The van der Waals surface area contributed by atoms with Gasteiger partial charge in [-0.1, -0.05) is 26.7 Å². The van der Waals surface area contributed by atoms with Gasteiger partial charge in [-0.3, -0.25) is 9.59 Å². The van der Waals surface area contributed by atoms with Crippen LogP contribution < -0.4 is 9.47 Å².